The van der Waals surface area contributed by atoms with Crippen LogP contribution in [0, 0.1) is 12.7 Å². The van der Waals surface area contributed by atoms with Gasteiger partial charge in [-0.05, 0) is 74.9 Å². The number of carbonyl (C=O) groups excluding carboxylic acids is 2. The van der Waals surface area contributed by atoms with Crippen molar-refractivity contribution >= 4 is 11.8 Å². The predicted molar refractivity (Wildman–Crippen MR) is 134 cm³/mol. The van der Waals surface area contributed by atoms with E-state index < -0.39 is 17.5 Å². The molecule has 37 heavy (non-hydrogen) atoms. The Morgan fingerprint density at radius 1 is 1.05 bits per heavy atom. The number of furan rings is 1. The Labute approximate surface area is 214 Å². The SMILES string of the molecule is Cc1ccc(C(C(=O)NC(C)(C)C)N(Cc2ccccc2)C(=O)Cn2nnc(-c3ccc(F)cc3)n2)o1. The van der Waals surface area contributed by atoms with Gasteiger partial charge in [0.2, 0.25) is 11.7 Å². The minimum Gasteiger partial charge on any atom is -0.464 e. The first-order chi connectivity index (χ1) is 17.6. The van der Waals surface area contributed by atoms with Gasteiger partial charge in [0.25, 0.3) is 5.91 Å². The van der Waals surface area contributed by atoms with Crippen molar-refractivity contribution in [2.24, 2.45) is 0 Å². The largest absolute Gasteiger partial charge is 0.464 e. The zero-order valence-corrected chi connectivity index (χ0v) is 21.2. The molecular weight excluding hydrogens is 475 g/mol. The lowest BCUT2D eigenvalue weighted by Crippen LogP contribution is -2.49. The van der Waals surface area contributed by atoms with Crippen molar-refractivity contribution in [3.63, 3.8) is 0 Å². The Bertz CT molecular complexity index is 1360. The monoisotopic (exact) mass is 504 g/mol. The summed E-state index contributed by atoms with van der Waals surface area (Å²) >= 11 is 0. The predicted octanol–water partition coefficient (Wildman–Crippen LogP) is 4.07. The van der Waals surface area contributed by atoms with E-state index in [4.69, 9.17) is 4.42 Å². The van der Waals surface area contributed by atoms with Crippen LogP contribution in [0.2, 0.25) is 0 Å². The molecule has 0 bridgehead atoms. The Morgan fingerprint density at radius 3 is 2.38 bits per heavy atom. The van der Waals surface area contributed by atoms with Gasteiger partial charge in [0, 0.05) is 17.6 Å². The number of tetrazole rings is 1. The van der Waals surface area contributed by atoms with Crippen molar-refractivity contribution in [3.8, 4) is 11.4 Å². The number of rotatable bonds is 8. The molecule has 0 saturated heterocycles. The molecule has 0 aliphatic carbocycles. The van der Waals surface area contributed by atoms with Crippen molar-refractivity contribution in [2.45, 2.75) is 52.4 Å². The van der Waals surface area contributed by atoms with Gasteiger partial charge in [0.05, 0.1) is 0 Å². The topological polar surface area (TPSA) is 106 Å². The van der Waals surface area contributed by atoms with E-state index in [1.165, 1.54) is 29.2 Å². The van der Waals surface area contributed by atoms with E-state index in [0.717, 1.165) is 10.4 Å². The first kappa shape index (κ1) is 25.7. The van der Waals surface area contributed by atoms with E-state index in [1.807, 2.05) is 51.1 Å². The summed E-state index contributed by atoms with van der Waals surface area (Å²) in [7, 11) is 0. The van der Waals surface area contributed by atoms with Gasteiger partial charge in [-0.1, -0.05) is 30.3 Å². The number of benzene rings is 2. The quantitative estimate of drug-likeness (QED) is 0.388. The molecule has 1 unspecified atom stereocenters. The van der Waals surface area contributed by atoms with Crippen LogP contribution in [0.25, 0.3) is 11.4 Å². The maximum absolute atomic E-state index is 13.7. The van der Waals surface area contributed by atoms with Crippen molar-refractivity contribution in [1.82, 2.24) is 30.4 Å². The van der Waals surface area contributed by atoms with E-state index in [9.17, 15) is 14.0 Å². The fraction of sp³-hybridized carbons (Fsp3) is 0.296. The van der Waals surface area contributed by atoms with Crippen LogP contribution >= 0.6 is 0 Å². The number of nitrogens with one attached hydrogen (secondary N) is 1. The lowest BCUT2D eigenvalue weighted by atomic mass is 10.1. The normalized spacial score (nSPS) is 12.2. The molecule has 2 amide bonds. The summed E-state index contributed by atoms with van der Waals surface area (Å²) < 4.78 is 19.1. The maximum atomic E-state index is 13.7. The van der Waals surface area contributed by atoms with Crippen LogP contribution in [0.4, 0.5) is 4.39 Å². The van der Waals surface area contributed by atoms with Gasteiger partial charge in [0.15, 0.2) is 6.04 Å². The highest BCUT2D eigenvalue weighted by Gasteiger charge is 2.36. The third kappa shape index (κ3) is 6.66. The van der Waals surface area contributed by atoms with Crippen molar-refractivity contribution in [3.05, 3.63) is 89.6 Å². The van der Waals surface area contributed by atoms with Crippen LogP contribution in [0.3, 0.4) is 0 Å². The third-order valence-electron chi connectivity index (χ3n) is 5.44. The summed E-state index contributed by atoms with van der Waals surface area (Å²) in [5, 5.41) is 15.2. The highest BCUT2D eigenvalue weighted by Crippen LogP contribution is 2.27. The van der Waals surface area contributed by atoms with Gasteiger partial charge >= 0.3 is 0 Å². The Kier molecular flexibility index (Phi) is 7.47. The van der Waals surface area contributed by atoms with E-state index in [1.54, 1.807) is 19.1 Å². The molecule has 10 heteroatoms. The van der Waals surface area contributed by atoms with Crippen LogP contribution in [0.15, 0.2) is 71.1 Å². The Hall–Kier alpha value is -4.34. The highest BCUT2D eigenvalue weighted by atomic mass is 19.1. The van der Waals surface area contributed by atoms with Gasteiger partial charge in [-0.3, -0.25) is 9.59 Å². The Morgan fingerprint density at radius 2 is 1.76 bits per heavy atom. The van der Waals surface area contributed by atoms with E-state index >= 15 is 0 Å². The first-order valence-corrected chi connectivity index (χ1v) is 11.8. The number of amides is 2. The lowest BCUT2D eigenvalue weighted by Gasteiger charge is -2.32. The molecule has 2 aromatic carbocycles. The molecule has 1 N–H and O–H groups in total. The van der Waals surface area contributed by atoms with Crippen LogP contribution in [0.1, 0.15) is 43.9 Å². The molecule has 4 rings (SSSR count). The molecule has 0 saturated carbocycles. The summed E-state index contributed by atoms with van der Waals surface area (Å²) in [6, 6.07) is 17.5. The zero-order chi connectivity index (χ0) is 26.6. The summed E-state index contributed by atoms with van der Waals surface area (Å²) in [6.07, 6.45) is 0. The average Bonchev–Trinajstić information content (AvgIpc) is 3.48. The summed E-state index contributed by atoms with van der Waals surface area (Å²) in [5.41, 5.74) is 0.872. The number of halogens is 1. The fourth-order valence-electron chi connectivity index (χ4n) is 3.80. The van der Waals surface area contributed by atoms with Crippen molar-refractivity contribution in [1.29, 1.82) is 0 Å². The van der Waals surface area contributed by atoms with E-state index in [2.05, 4.69) is 20.7 Å². The molecule has 0 radical (unpaired) electrons. The lowest BCUT2D eigenvalue weighted by molar-refractivity contribution is -0.143. The Balaban J connectivity index is 1.67. The van der Waals surface area contributed by atoms with Gasteiger partial charge in [-0.15, -0.1) is 10.2 Å². The molecule has 1 atom stereocenters. The molecule has 0 fully saturated rings. The fourth-order valence-corrected chi connectivity index (χ4v) is 3.80. The highest BCUT2D eigenvalue weighted by molar-refractivity contribution is 5.88. The van der Waals surface area contributed by atoms with Crippen LogP contribution in [-0.4, -0.2) is 42.5 Å². The minimum atomic E-state index is -1.03. The number of nitrogens with zero attached hydrogens (tertiary/aromatic N) is 5. The van der Waals surface area contributed by atoms with Crippen molar-refractivity contribution < 1.29 is 18.4 Å². The van der Waals surface area contributed by atoms with Gasteiger partial charge in [0.1, 0.15) is 23.9 Å². The molecule has 2 heterocycles. The molecule has 2 aromatic heterocycles. The second-order valence-corrected chi connectivity index (χ2v) is 9.75. The molecule has 0 aliphatic rings. The number of aromatic nitrogens is 4. The zero-order valence-electron chi connectivity index (χ0n) is 21.2. The minimum absolute atomic E-state index is 0.154. The number of carbonyl (C=O) groups is 2. The van der Waals surface area contributed by atoms with Gasteiger partial charge in [-0.25, -0.2) is 4.39 Å². The summed E-state index contributed by atoms with van der Waals surface area (Å²) in [6.45, 7) is 7.28. The summed E-state index contributed by atoms with van der Waals surface area (Å²) in [4.78, 5) is 29.9. The van der Waals surface area contributed by atoms with Crippen LogP contribution in [0.5, 0.6) is 0 Å². The van der Waals surface area contributed by atoms with Crippen molar-refractivity contribution in [2.75, 3.05) is 0 Å². The summed E-state index contributed by atoms with van der Waals surface area (Å²) in [5.74, 6) is 0.0704. The molecule has 192 valence electrons. The van der Waals surface area contributed by atoms with E-state index in [0.29, 0.717) is 17.1 Å². The third-order valence-corrected chi connectivity index (χ3v) is 5.44. The molecule has 0 spiro atoms. The van der Waals surface area contributed by atoms with E-state index in [-0.39, 0.29) is 30.6 Å². The standard InChI is InChI=1S/C27H29FN6O3/c1-18-10-15-22(37-18)24(26(36)29-27(2,3)4)33(16-19-8-6-5-7-9-19)23(35)17-34-31-25(30-32-34)20-11-13-21(28)14-12-20/h5-15,24H,16-17H2,1-4H3,(H,29,36). The second kappa shape index (κ2) is 10.7. The number of hydrogen-bond donors (Lipinski definition) is 1. The average molecular weight is 505 g/mol. The molecular formula is C27H29FN6O3. The smallest absolute Gasteiger partial charge is 0.251 e. The molecule has 4 aromatic rings. The molecule has 0 aliphatic heterocycles. The number of hydrogen-bond acceptors (Lipinski definition) is 6. The first-order valence-electron chi connectivity index (χ1n) is 11.8. The van der Waals surface area contributed by atoms with Crippen LogP contribution in [-0.2, 0) is 22.7 Å². The van der Waals surface area contributed by atoms with Gasteiger partial charge in [-0.2, -0.15) is 4.80 Å². The molecule has 9 nitrogen and oxygen atoms in total. The maximum Gasteiger partial charge on any atom is 0.251 e. The second-order valence-electron chi connectivity index (χ2n) is 9.75. The number of aryl methyl sites for hydroxylation is 1. The van der Waals surface area contributed by atoms with Crippen LogP contribution < -0.4 is 5.32 Å². The van der Waals surface area contributed by atoms with Gasteiger partial charge < -0.3 is 14.6 Å².